The molecule has 1 spiro atoms. The van der Waals surface area contributed by atoms with Crippen molar-refractivity contribution in [3.8, 4) is 0 Å². The fraction of sp³-hybridized carbons (Fsp3) is 0.559. The molecule has 0 radical (unpaired) electrons. The molecule has 0 unspecified atom stereocenters. The minimum atomic E-state index is -0.427. The molecule has 7 heteroatoms. The summed E-state index contributed by atoms with van der Waals surface area (Å²) in [6, 6.07) is 15.9. The van der Waals surface area contributed by atoms with Gasteiger partial charge in [0.05, 0.1) is 11.0 Å². The smallest absolute Gasteiger partial charge is 0.326 e. The Labute approximate surface area is 240 Å². The lowest BCUT2D eigenvalue weighted by Crippen LogP contribution is -2.48. The number of fused-ring (bicyclic) bond motifs is 1. The largest absolute Gasteiger partial charge is 0.330 e. The van der Waals surface area contributed by atoms with Crippen molar-refractivity contribution in [2.24, 2.45) is 23.2 Å². The van der Waals surface area contributed by atoms with Gasteiger partial charge in [-0.3, -0.25) is 14.2 Å². The average Bonchev–Trinajstić information content (AvgIpc) is 3.48. The first-order chi connectivity index (χ1) is 19.9. The maximum Gasteiger partial charge on any atom is 0.326 e. The molecular formula is C34H40N4O3. The SMILES string of the molecule is O=C(Nc1ccc(C23CC4CC(CC(C4)C2)C3)cc1)[C@@H]1CC2(CC2)CN1C(=O)CCCn1c(=O)[nH]c2ccccc21. The molecule has 3 aromatic rings. The average molecular weight is 553 g/mol. The summed E-state index contributed by atoms with van der Waals surface area (Å²) in [7, 11) is 0. The van der Waals surface area contributed by atoms with E-state index in [0.29, 0.717) is 31.3 Å². The molecule has 2 heterocycles. The zero-order valence-corrected chi connectivity index (χ0v) is 23.7. The molecule has 214 valence electrons. The van der Waals surface area contributed by atoms with E-state index >= 15 is 0 Å². The highest BCUT2D eigenvalue weighted by Crippen LogP contribution is 2.60. The highest BCUT2D eigenvalue weighted by atomic mass is 16.2. The van der Waals surface area contributed by atoms with Gasteiger partial charge >= 0.3 is 5.69 Å². The van der Waals surface area contributed by atoms with Gasteiger partial charge in [-0.15, -0.1) is 0 Å². The minimum absolute atomic E-state index is 0.0129. The Morgan fingerprint density at radius 2 is 1.59 bits per heavy atom. The van der Waals surface area contributed by atoms with Crippen LogP contribution in [0.4, 0.5) is 5.69 Å². The van der Waals surface area contributed by atoms with E-state index in [9.17, 15) is 14.4 Å². The van der Waals surface area contributed by atoms with E-state index in [1.807, 2.05) is 29.2 Å². The second kappa shape index (κ2) is 9.33. The monoisotopic (exact) mass is 552 g/mol. The van der Waals surface area contributed by atoms with E-state index in [1.165, 1.54) is 44.1 Å². The Bertz CT molecular complexity index is 1530. The van der Waals surface area contributed by atoms with Gasteiger partial charge in [-0.25, -0.2) is 4.79 Å². The summed E-state index contributed by atoms with van der Waals surface area (Å²) in [6.07, 6.45) is 12.1. The Kier molecular flexibility index (Phi) is 5.77. The molecule has 9 rings (SSSR count). The standard InChI is InChI=1S/C34H40N4O3/c39-30(6-3-13-37-28-5-2-1-4-27(28)36-32(37)41)38-21-33(11-12-33)20-29(38)31(40)35-26-9-7-25(8-10-26)34-17-22-14-23(18-34)16-24(15-22)19-34/h1-2,4-5,7-10,22-24,29H,3,6,11-21H2,(H,35,40)(H,36,41)/t22?,23?,24?,29-,34?/m0/s1. The summed E-state index contributed by atoms with van der Waals surface area (Å²) in [4.78, 5) is 44.1. The molecular weight excluding hydrogens is 512 g/mol. The highest BCUT2D eigenvalue weighted by Gasteiger charge is 2.55. The molecule has 1 atom stereocenters. The summed E-state index contributed by atoms with van der Waals surface area (Å²) >= 11 is 0. The number of hydrogen-bond donors (Lipinski definition) is 2. The first kappa shape index (κ1) is 25.4. The lowest BCUT2D eigenvalue weighted by atomic mass is 9.48. The minimum Gasteiger partial charge on any atom is -0.330 e. The van der Waals surface area contributed by atoms with Gasteiger partial charge in [-0.05, 0) is 123 Å². The number of benzene rings is 2. The van der Waals surface area contributed by atoms with Gasteiger partial charge in [-0.2, -0.15) is 0 Å². The number of nitrogens with one attached hydrogen (secondary N) is 2. The second-order valence-corrected chi connectivity index (χ2v) is 14.2. The van der Waals surface area contributed by atoms with Gasteiger partial charge < -0.3 is 15.2 Å². The fourth-order valence-electron chi connectivity index (χ4n) is 9.55. The number of carbonyl (C=O) groups excluding carboxylic acids is 2. The molecule has 2 N–H and O–H groups in total. The molecule has 41 heavy (non-hydrogen) atoms. The summed E-state index contributed by atoms with van der Waals surface area (Å²) in [5.74, 6) is 2.66. The van der Waals surface area contributed by atoms with Gasteiger partial charge in [0.2, 0.25) is 11.8 Å². The number of aromatic nitrogens is 2. The number of anilines is 1. The molecule has 1 aliphatic heterocycles. The molecule has 1 aromatic heterocycles. The maximum atomic E-state index is 13.5. The van der Waals surface area contributed by atoms with Gasteiger partial charge in [-0.1, -0.05) is 24.3 Å². The van der Waals surface area contributed by atoms with E-state index < -0.39 is 6.04 Å². The number of para-hydroxylation sites is 2. The lowest BCUT2D eigenvalue weighted by molar-refractivity contribution is -0.136. The van der Waals surface area contributed by atoms with Gasteiger partial charge in [0.15, 0.2) is 0 Å². The molecule has 2 amide bonds. The zero-order valence-electron chi connectivity index (χ0n) is 23.7. The number of nitrogens with zero attached hydrogens (tertiary/aromatic N) is 2. The number of likely N-dealkylation sites (tertiary alicyclic amines) is 1. The van der Waals surface area contributed by atoms with E-state index in [2.05, 4.69) is 34.6 Å². The van der Waals surface area contributed by atoms with Crippen molar-refractivity contribution in [3.05, 3.63) is 64.6 Å². The fourth-order valence-corrected chi connectivity index (χ4v) is 9.55. The van der Waals surface area contributed by atoms with Gasteiger partial charge in [0, 0.05) is 25.2 Å². The van der Waals surface area contributed by atoms with E-state index in [4.69, 9.17) is 0 Å². The van der Waals surface area contributed by atoms with Crippen LogP contribution >= 0.6 is 0 Å². The molecule has 1 saturated heterocycles. The van der Waals surface area contributed by atoms with Crippen LogP contribution in [0.2, 0.25) is 0 Å². The Hall–Kier alpha value is -3.35. The molecule has 7 nitrogen and oxygen atoms in total. The van der Waals surface area contributed by atoms with Crippen LogP contribution < -0.4 is 11.0 Å². The number of aryl methyl sites for hydroxylation is 1. The summed E-state index contributed by atoms with van der Waals surface area (Å²) in [5.41, 5.74) is 4.26. The van der Waals surface area contributed by atoms with Crippen molar-refractivity contribution >= 4 is 28.5 Å². The van der Waals surface area contributed by atoms with Crippen LogP contribution in [0.3, 0.4) is 0 Å². The van der Waals surface area contributed by atoms with Crippen molar-refractivity contribution in [1.82, 2.24) is 14.5 Å². The predicted molar refractivity (Wildman–Crippen MR) is 158 cm³/mol. The number of amides is 2. The molecule has 5 aliphatic carbocycles. The molecule has 2 aromatic carbocycles. The van der Waals surface area contributed by atoms with E-state index in [-0.39, 0.29) is 22.9 Å². The first-order valence-corrected chi connectivity index (χ1v) is 15.8. The van der Waals surface area contributed by atoms with Crippen LogP contribution in [0.1, 0.15) is 76.2 Å². The quantitative estimate of drug-likeness (QED) is 0.400. The number of H-pyrrole nitrogens is 1. The molecule has 6 aliphatic rings. The van der Waals surface area contributed by atoms with Crippen LogP contribution in [-0.2, 0) is 21.5 Å². The molecule has 5 saturated carbocycles. The molecule has 6 fully saturated rings. The summed E-state index contributed by atoms with van der Waals surface area (Å²) < 4.78 is 1.70. The number of rotatable bonds is 7. The van der Waals surface area contributed by atoms with Crippen LogP contribution in [0.5, 0.6) is 0 Å². The van der Waals surface area contributed by atoms with Gasteiger partial charge in [0.25, 0.3) is 0 Å². The molecule has 4 bridgehead atoms. The third kappa shape index (κ3) is 4.43. The van der Waals surface area contributed by atoms with Crippen LogP contribution in [0.25, 0.3) is 11.0 Å². The van der Waals surface area contributed by atoms with Crippen molar-refractivity contribution in [1.29, 1.82) is 0 Å². The third-order valence-electron chi connectivity index (χ3n) is 11.3. The number of imidazole rings is 1. The summed E-state index contributed by atoms with van der Waals surface area (Å²) in [6.45, 7) is 1.14. The second-order valence-electron chi connectivity index (χ2n) is 14.2. The zero-order chi connectivity index (χ0) is 27.8. The normalized spacial score (nSPS) is 30.8. The first-order valence-electron chi connectivity index (χ1n) is 15.8. The van der Waals surface area contributed by atoms with Crippen molar-refractivity contribution in [3.63, 3.8) is 0 Å². The maximum absolute atomic E-state index is 13.5. The van der Waals surface area contributed by atoms with E-state index in [0.717, 1.165) is 53.7 Å². The van der Waals surface area contributed by atoms with E-state index in [1.54, 1.807) is 4.57 Å². The predicted octanol–water partition coefficient (Wildman–Crippen LogP) is 5.60. The van der Waals surface area contributed by atoms with Crippen LogP contribution in [0, 0.1) is 23.2 Å². The highest BCUT2D eigenvalue weighted by molar-refractivity contribution is 5.97. The third-order valence-corrected chi connectivity index (χ3v) is 11.3. The Morgan fingerprint density at radius 3 is 2.27 bits per heavy atom. The van der Waals surface area contributed by atoms with Crippen LogP contribution in [-0.4, -0.2) is 38.9 Å². The van der Waals surface area contributed by atoms with Crippen molar-refractivity contribution in [2.75, 3.05) is 11.9 Å². The number of aromatic amines is 1. The van der Waals surface area contributed by atoms with Gasteiger partial charge in [0.1, 0.15) is 6.04 Å². The number of carbonyl (C=O) groups is 2. The lowest BCUT2D eigenvalue weighted by Gasteiger charge is -2.57. The van der Waals surface area contributed by atoms with Crippen LogP contribution in [0.15, 0.2) is 53.3 Å². The topological polar surface area (TPSA) is 87.2 Å². The van der Waals surface area contributed by atoms with Crippen molar-refractivity contribution in [2.45, 2.75) is 88.6 Å². The summed E-state index contributed by atoms with van der Waals surface area (Å²) in [5, 5.41) is 3.16. The Morgan fingerprint density at radius 1 is 0.902 bits per heavy atom. The van der Waals surface area contributed by atoms with Crippen molar-refractivity contribution < 1.29 is 9.59 Å². The Balaban J connectivity index is 0.923. The number of hydrogen-bond acceptors (Lipinski definition) is 3.